The van der Waals surface area contributed by atoms with Crippen molar-refractivity contribution in [3.63, 3.8) is 0 Å². The van der Waals surface area contributed by atoms with Crippen molar-refractivity contribution in [2.75, 3.05) is 13.1 Å². The number of carbonyl (C=O) groups is 1. The third kappa shape index (κ3) is 2.33. The molecule has 0 aromatic carbocycles. The van der Waals surface area contributed by atoms with Crippen LogP contribution in [-0.2, 0) is 0 Å². The highest BCUT2D eigenvalue weighted by Crippen LogP contribution is 2.23. The van der Waals surface area contributed by atoms with Gasteiger partial charge in [-0.3, -0.25) is 4.79 Å². The molecule has 106 valence electrons. The zero-order valence-electron chi connectivity index (χ0n) is 11.7. The summed E-state index contributed by atoms with van der Waals surface area (Å²) in [5, 5.41) is 3.81. The van der Waals surface area contributed by atoms with Crippen LogP contribution in [0, 0.1) is 13.8 Å². The zero-order valence-corrected chi connectivity index (χ0v) is 11.7. The van der Waals surface area contributed by atoms with E-state index in [9.17, 15) is 4.79 Å². The van der Waals surface area contributed by atoms with Crippen molar-refractivity contribution in [3.05, 3.63) is 35.7 Å². The summed E-state index contributed by atoms with van der Waals surface area (Å²) >= 11 is 0. The monoisotopic (exact) mass is 274 g/mol. The minimum absolute atomic E-state index is 0.0516. The Hall–Kier alpha value is -2.11. The van der Waals surface area contributed by atoms with Crippen LogP contribution in [-0.4, -0.2) is 38.6 Å². The predicted molar refractivity (Wildman–Crippen MR) is 72.4 cm³/mol. The minimum Gasteiger partial charge on any atom is -0.361 e. The van der Waals surface area contributed by atoms with Crippen LogP contribution < -0.4 is 0 Å². The molecule has 6 nitrogen and oxygen atoms in total. The Morgan fingerprint density at radius 1 is 1.45 bits per heavy atom. The number of likely N-dealkylation sites (tertiary alicyclic amines) is 1. The van der Waals surface area contributed by atoms with E-state index >= 15 is 0 Å². The molecule has 1 fully saturated rings. The predicted octanol–water partition coefficient (Wildman–Crippen LogP) is 1.97. The van der Waals surface area contributed by atoms with E-state index < -0.39 is 0 Å². The molecule has 1 aliphatic heterocycles. The van der Waals surface area contributed by atoms with Gasteiger partial charge in [-0.25, -0.2) is 4.98 Å². The fourth-order valence-corrected chi connectivity index (χ4v) is 2.77. The Bertz CT molecular complexity index is 616. The van der Waals surface area contributed by atoms with E-state index in [1.54, 1.807) is 19.2 Å². The first-order valence-electron chi connectivity index (χ1n) is 6.87. The second kappa shape index (κ2) is 5.11. The second-order valence-corrected chi connectivity index (χ2v) is 5.25. The molecule has 1 atom stereocenters. The maximum absolute atomic E-state index is 12.4. The first-order valence-corrected chi connectivity index (χ1v) is 6.87. The number of imidazole rings is 1. The van der Waals surface area contributed by atoms with Crippen LogP contribution in [0.25, 0.3) is 0 Å². The molecule has 1 amide bonds. The van der Waals surface area contributed by atoms with Crippen molar-refractivity contribution in [3.8, 4) is 0 Å². The standard InChI is InChI=1S/C14H18N4O2/c1-10-8-13(16-20-10)14(19)17-6-3-4-12(9-17)18-7-5-15-11(18)2/h5,7-8,12H,3-4,6,9H2,1-2H3. The van der Waals surface area contributed by atoms with E-state index in [1.807, 2.05) is 18.0 Å². The average molecular weight is 274 g/mol. The lowest BCUT2D eigenvalue weighted by atomic mass is 10.0. The second-order valence-electron chi connectivity index (χ2n) is 5.25. The molecule has 0 bridgehead atoms. The molecule has 0 saturated carbocycles. The molecule has 2 aromatic heterocycles. The highest BCUT2D eigenvalue weighted by Gasteiger charge is 2.27. The van der Waals surface area contributed by atoms with Gasteiger partial charge in [-0.15, -0.1) is 0 Å². The van der Waals surface area contributed by atoms with Gasteiger partial charge < -0.3 is 14.0 Å². The van der Waals surface area contributed by atoms with Gasteiger partial charge in [0.1, 0.15) is 11.6 Å². The summed E-state index contributed by atoms with van der Waals surface area (Å²) in [5.74, 6) is 1.60. The zero-order chi connectivity index (χ0) is 14.1. The van der Waals surface area contributed by atoms with Crippen LogP contribution in [0.1, 0.15) is 41.0 Å². The topological polar surface area (TPSA) is 64.2 Å². The van der Waals surface area contributed by atoms with Crippen molar-refractivity contribution in [2.24, 2.45) is 0 Å². The Morgan fingerprint density at radius 2 is 2.30 bits per heavy atom. The smallest absolute Gasteiger partial charge is 0.276 e. The largest absolute Gasteiger partial charge is 0.361 e. The van der Waals surface area contributed by atoms with Gasteiger partial charge in [-0.05, 0) is 26.7 Å². The van der Waals surface area contributed by atoms with Crippen LogP contribution in [0.15, 0.2) is 23.0 Å². The molecule has 3 heterocycles. The van der Waals surface area contributed by atoms with Crippen molar-refractivity contribution in [1.29, 1.82) is 0 Å². The van der Waals surface area contributed by atoms with Crippen molar-refractivity contribution >= 4 is 5.91 Å². The number of aromatic nitrogens is 3. The minimum atomic E-state index is -0.0516. The lowest BCUT2D eigenvalue weighted by Crippen LogP contribution is -2.41. The molecule has 0 N–H and O–H groups in total. The third-order valence-electron chi connectivity index (χ3n) is 3.79. The van der Waals surface area contributed by atoms with Crippen molar-refractivity contribution in [2.45, 2.75) is 32.7 Å². The van der Waals surface area contributed by atoms with Crippen LogP contribution >= 0.6 is 0 Å². The molecule has 0 spiro atoms. The van der Waals surface area contributed by atoms with E-state index in [4.69, 9.17) is 4.52 Å². The molecule has 2 aromatic rings. The highest BCUT2D eigenvalue weighted by atomic mass is 16.5. The number of hydrogen-bond donors (Lipinski definition) is 0. The Morgan fingerprint density at radius 3 is 2.95 bits per heavy atom. The highest BCUT2D eigenvalue weighted by molar-refractivity contribution is 5.92. The normalized spacial score (nSPS) is 19.3. The molecular weight excluding hydrogens is 256 g/mol. The van der Waals surface area contributed by atoms with Gasteiger partial charge in [0.2, 0.25) is 0 Å². The van der Waals surface area contributed by atoms with E-state index in [1.165, 1.54) is 0 Å². The van der Waals surface area contributed by atoms with Gasteiger partial charge in [-0.1, -0.05) is 5.16 Å². The summed E-state index contributed by atoms with van der Waals surface area (Å²) in [6.07, 6.45) is 5.84. The van der Waals surface area contributed by atoms with Crippen LogP contribution in [0.2, 0.25) is 0 Å². The number of aryl methyl sites for hydroxylation is 2. The van der Waals surface area contributed by atoms with E-state index in [0.29, 0.717) is 24.0 Å². The van der Waals surface area contributed by atoms with E-state index in [0.717, 1.165) is 25.2 Å². The first-order chi connectivity index (χ1) is 9.65. The average Bonchev–Trinajstić information content (AvgIpc) is 3.07. The first kappa shape index (κ1) is 12.9. The number of carbonyl (C=O) groups excluding carboxylic acids is 1. The lowest BCUT2D eigenvalue weighted by Gasteiger charge is -2.33. The maximum atomic E-state index is 12.4. The van der Waals surface area contributed by atoms with Crippen LogP contribution in [0.4, 0.5) is 0 Å². The summed E-state index contributed by atoms with van der Waals surface area (Å²) in [6, 6.07) is 1.98. The molecule has 20 heavy (non-hydrogen) atoms. The lowest BCUT2D eigenvalue weighted by molar-refractivity contribution is 0.0668. The van der Waals surface area contributed by atoms with Gasteiger partial charge in [-0.2, -0.15) is 0 Å². The molecule has 1 aliphatic rings. The van der Waals surface area contributed by atoms with Crippen LogP contribution in [0.3, 0.4) is 0 Å². The molecule has 3 rings (SSSR count). The Labute approximate surface area is 117 Å². The molecule has 1 unspecified atom stereocenters. The molecule has 1 saturated heterocycles. The fourth-order valence-electron chi connectivity index (χ4n) is 2.77. The van der Waals surface area contributed by atoms with E-state index in [2.05, 4.69) is 14.7 Å². The maximum Gasteiger partial charge on any atom is 0.276 e. The van der Waals surface area contributed by atoms with Gasteiger partial charge in [0.05, 0.1) is 6.04 Å². The number of rotatable bonds is 2. The molecular formula is C14H18N4O2. The number of piperidine rings is 1. The Kier molecular flexibility index (Phi) is 3.30. The van der Waals surface area contributed by atoms with E-state index in [-0.39, 0.29) is 5.91 Å². The van der Waals surface area contributed by atoms with Gasteiger partial charge in [0, 0.05) is 31.5 Å². The van der Waals surface area contributed by atoms with Gasteiger partial charge in [0.25, 0.3) is 5.91 Å². The van der Waals surface area contributed by atoms with Crippen molar-refractivity contribution < 1.29 is 9.32 Å². The third-order valence-corrected chi connectivity index (χ3v) is 3.79. The number of nitrogens with zero attached hydrogens (tertiary/aromatic N) is 4. The van der Waals surface area contributed by atoms with Crippen LogP contribution in [0.5, 0.6) is 0 Å². The summed E-state index contributed by atoms with van der Waals surface area (Å²) < 4.78 is 7.13. The fraction of sp³-hybridized carbons (Fsp3) is 0.500. The summed E-state index contributed by atoms with van der Waals surface area (Å²) in [6.45, 7) is 5.25. The van der Waals surface area contributed by atoms with Crippen molar-refractivity contribution in [1.82, 2.24) is 19.6 Å². The quantitative estimate of drug-likeness (QED) is 0.839. The molecule has 0 aliphatic carbocycles. The summed E-state index contributed by atoms with van der Waals surface area (Å²) in [5.41, 5.74) is 0.394. The summed E-state index contributed by atoms with van der Waals surface area (Å²) in [4.78, 5) is 18.5. The SMILES string of the molecule is Cc1cc(C(=O)N2CCCC(n3ccnc3C)C2)no1. The number of hydrogen-bond acceptors (Lipinski definition) is 4. The Balaban J connectivity index is 1.75. The molecule has 6 heteroatoms. The molecule has 0 radical (unpaired) electrons. The number of amides is 1. The van der Waals surface area contributed by atoms with Gasteiger partial charge in [0.15, 0.2) is 5.69 Å². The summed E-state index contributed by atoms with van der Waals surface area (Å²) in [7, 11) is 0. The van der Waals surface area contributed by atoms with Gasteiger partial charge >= 0.3 is 0 Å².